The second kappa shape index (κ2) is 5.75. The first kappa shape index (κ1) is 15.4. The fourth-order valence-electron chi connectivity index (χ4n) is 3.64. The minimum absolute atomic E-state index is 0.0835. The molecule has 0 saturated carbocycles. The molecule has 0 amide bonds. The smallest absolute Gasteiger partial charge is 0.120 e. The topological polar surface area (TPSA) is 33.1 Å². The molecule has 1 atom stereocenters. The van der Waals surface area contributed by atoms with E-state index in [1.807, 2.05) is 24.3 Å². The Labute approximate surface area is 146 Å². The van der Waals surface area contributed by atoms with E-state index in [4.69, 9.17) is 4.98 Å². The Bertz CT molecular complexity index is 967. The van der Waals surface area contributed by atoms with Gasteiger partial charge in [0.25, 0.3) is 0 Å². The summed E-state index contributed by atoms with van der Waals surface area (Å²) in [4.78, 5) is 4.95. The highest BCUT2D eigenvalue weighted by Crippen LogP contribution is 2.43. The van der Waals surface area contributed by atoms with Crippen molar-refractivity contribution in [2.45, 2.75) is 39.5 Å². The van der Waals surface area contributed by atoms with Gasteiger partial charge in [-0.25, -0.2) is 4.98 Å². The number of hydrogen-bond acceptors (Lipinski definition) is 3. The summed E-state index contributed by atoms with van der Waals surface area (Å²) in [7, 11) is 0. The van der Waals surface area contributed by atoms with E-state index in [2.05, 4.69) is 32.9 Å². The summed E-state index contributed by atoms with van der Waals surface area (Å²) in [6.07, 6.45) is 4.12. The second-order valence-electron chi connectivity index (χ2n) is 6.55. The zero-order valence-corrected chi connectivity index (χ0v) is 15.1. The lowest BCUT2D eigenvalue weighted by Gasteiger charge is -2.16. The fourth-order valence-corrected chi connectivity index (χ4v) is 4.83. The SMILES string of the molecule is CCCc1nc2c(C3C=C(O)c4ccccc43)c(C)c(C)cc2s1. The third kappa shape index (κ3) is 2.27. The van der Waals surface area contributed by atoms with Crippen LogP contribution in [-0.4, -0.2) is 10.1 Å². The summed E-state index contributed by atoms with van der Waals surface area (Å²) in [5.41, 5.74) is 7.05. The quantitative estimate of drug-likeness (QED) is 0.645. The summed E-state index contributed by atoms with van der Waals surface area (Å²) < 4.78 is 1.26. The van der Waals surface area contributed by atoms with Gasteiger partial charge in [0.2, 0.25) is 0 Å². The number of allylic oxidation sites excluding steroid dienone is 1. The van der Waals surface area contributed by atoms with Gasteiger partial charge >= 0.3 is 0 Å². The van der Waals surface area contributed by atoms with E-state index in [1.54, 1.807) is 11.3 Å². The summed E-state index contributed by atoms with van der Waals surface area (Å²) in [6.45, 7) is 6.54. The number of aliphatic hydroxyl groups is 1. The minimum atomic E-state index is 0.0835. The monoisotopic (exact) mass is 335 g/mol. The van der Waals surface area contributed by atoms with E-state index < -0.39 is 0 Å². The average Bonchev–Trinajstić information content (AvgIpc) is 3.11. The largest absolute Gasteiger partial charge is 0.508 e. The Balaban J connectivity index is 1.98. The van der Waals surface area contributed by atoms with Crippen molar-refractivity contribution in [3.05, 3.63) is 69.2 Å². The molecule has 2 nitrogen and oxygen atoms in total. The van der Waals surface area contributed by atoms with Gasteiger partial charge in [-0.15, -0.1) is 11.3 Å². The molecular formula is C21H21NOS. The molecule has 0 bridgehead atoms. The van der Waals surface area contributed by atoms with Gasteiger partial charge in [0.05, 0.1) is 15.2 Å². The molecule has 1 aliphatic carbocycles. The highest BCUT2D eigenvalue weighted by molar-refractivity contribution is 7.18. The predicted molar refractivity (Wildman–Crippen MR) is 102 cm³/mol. The van der Waals surface area contributed by atoms with E-state index in [-0.39, 0.29) is 5.92 Å². The summed E-state index contributed by atoms with van der Waals surface area (Å²) >= 11 is 1.81. The van der Waals surface area contributed by atoms with Crippen LogP contribution in [0.25, 0.3) is 16.0 Å². The maximum atomic E-state index is 10.4. The van der Waals surface area contributed by atoms with Gasteiger partial charge in [0.1, 0.15) is 5.76 Å². The first-order chi connectivity index (χ1) is 11.6. The molecule has 1 heterocycles. The molecule has 0 aliphatic heterocycles. The van der Waals surface area contributed by atoms with Crippen molar-refractivity contribution >= 4 is 27.3 Å². The van der Waals surface area contributed by atoms with Crippen LogP contribution in [0.15, 0.2) is 36.4 Å². The first-order valence-electron chi connectivity index (χ1n) is 8.49. The van der Waals surface area contributed by atoms with Crippen LogP contribution in [0.3, 0.4) is 0 Å². The fraction of sp³-hybridized carbons (Fsp3) is 0.286. The molecule has 0 fully saturated rings. The molecule has 3 heteroatoms. The molecule has 0 radical (unpaired) electrons. The molecule has 1 N–H and O–H groups in total. The number of aromatic nitrogens is 1. The summed E-state index contributed by atoms with van der Waals surface area (Å²) in [5.74, 6) is 0.467. The van der Waals surface area contributed by atoms with Crippen molar-refractivity contribution < 1.29 is 5.11 Å². The Morgan fingerprint density at radius 2 is 2.00 bits per heavy atom. The van der Waals surface area contributed by atoms with Crippen molar-refractivity contribution in [3.63, 3.8) is 0 Å². The highest BCUT2D eigenvalue weighted by Gasteiger charge is 2.28. The van der Waals surface area contributed by atoms with Crippen LogP contribution >= 0.6 is 11.3 Å². The molecule has 1 aromatic heterocycles. The van der Waals surface area contributed by atoms with Gasteiger partial charge in [-0.05, 0) is 61.1 Å². The molecule has 0 saturated heterocycles. The van der Waals surface area contributed by atoms with Crippen molar-refractivity contribution in [1.29, 1.82) is 0 Å². The molecule has 3 aromatic rings. The van der Waals surface area contributed by atoms with Crippen molar-refractivity contribution in [1.82, 2.24) is 4.98 Å². The third-order valence-electron chi connectivity index (χ3n) is 4.97. The van der Waals surface area contributed by atoms with Gasteiger partial charge in [0.15, 0.2) is 0 Å². The number of nitrogens with zero attached hydrogens (tertiary/aromatic N) is 1. The number of thiazole rings is 1. The molecule has 4 rings (SSSR count). The standard InChI is InChI=1S/C21H21NOS/c1-4-7-19-22-21-18(24-19)10-12(2)13(3)20(21)16-11-17(23)15-9-6-5-8-14(15)16/h5-6,8-11,16,23H,4,7H2,1-3H3. The normalized spacial score (nSPS) is 16.5. The molecule has 1 unspecified atom stereocenters. The van der Waals surface area contributed by atoms with Crippen LogP contribution in [0.2, 0.25) is 0 Å². The number of fused-ring (bicyclic) bond motifs is 2. The Morgan fingerprint density at radius 3 is 2.79 bits per heavy atom. The number of aryl methyl sites for hydroxylation is 2. The average molecular weight is 335 g/mol. The van der Waals surface area contributed by atoms with Gasteiger partial charge in [-0.3, -0.25) is 0 Å². The summed E-state index contributed by atoms with van der Waals surface area (Å²) in [5, 5.41) is 11.6. The molecule has 122 valence electrons. The lowest BCUT2D eigenvalue weighted by Crippen LogP contribution is -2.02. The van der Waals surface area contributed by atoms with E-state index in [9.17, 15) is 5.11 Å². The van der Waals surface area contributed by atoms with Crippen LogP contribution < -0.4 is 0 Å². The zero-order valence-electron chi connectivity index (χ0n) is 14.3. The lowest BCUT2D eigenvalue weighted by atomic mass is 9.87. The molecule has 24 heavy (non-hydrogen) atoms. The van der Waals surface area contributed by atoms with Crippen LogP contribution in [0.1, 0.15) is 52.1 Å². The third-order valence-corrected chi connectivity index (χ3v) is 6.03. The van der Waals surface area contributed by atoms with Crippen LogP contribution in [0.4, 0.5) is 0 Å². The molecule has 2 aromatic carbocycles. The van der Waals surface area contributed by atoms with Gasteiger partial charge < -0.3 is 5.11 Å². The number of hydrogen-bond donors (Lipinski definition) is 1. The van der Waals surface area contributed by atoms with Crippen LogP contribution in [-0.2, 0) is 6.42 Å². The first-order valence-corrected chi connectivity index (χ1v) is 9.31. The Kier molecular flexibility index (Phi) is 3.69. The highest BCUT2D eigenvalue weighted by atomic mass is 32.1. The van der Waals surface area contributed by atoms with E-state index in [0.29, 0.717) is 5.76 Å². The van der Waals surface area contributed by atoms with E-state index in [0.717, 1.165) is 23.9 Å². The minimum Gasteiger partial charge on any atom is -0.508 e. The van der Waals surface area contributed by atoms with Crippen LogP contribution in [0.5, 0.6) is 0 Å². The maximum Gasteiger partial charge on any atom is 0.120 e. The van der Waals surface area contributed by atoms with Crippen molar-refractivity contribution in [2.24, 2.45) is 0 Å². The van der Waals surface area contributed by atoms with E-state index >= 15 is 0 Å². The van der Waals surface area contributed by atoms with Gasteiger partial charge in [0, 0.05) is 11.5 Å². The maximum absolute atomic E-state index is 10.4. The van der Waals surface area contributed by atoms with Crippen LogP contribution in [0, 0.1) is 13.8 Å². The number of benzene rings is 2. The number of rotatable bonds is 3. The Hall–Kier alpha value is -2.13. The van der Waals surface area contributed by atoms with Crippen molar-refractivity contribution in [2.75, 3.05) is 0 Å². The predicted octanol–water partition coefficient (Wildman–Crippen LogP) is 5.91. The Morgan fingerprint density at radius 1 is 1.21 bits per heavy atom. The van der Waals surface area contributed by atoms with Crippen molar-refractivity contribution in [3.8, 4) is 0 Å². The zero-order chi connectivity index (χ0) is 16.8. The van der Waals surface area contributed by atoms with Gasteiger partial charge in [-0.1, -0.05) is 31.2 Å². The molecule has 0 spiro atoms. The molecular weight excluding hydrogens is 314 g/mol. The molecule has 1 aliphatic rings. The lowest BCUT2D eigenvalue weighted by molar-refractivity contribution is 0.513. The summed E-state index contributed by atoms with van der Waals surface area (Å²) in [6, 6.07) is 10.4. The van der Waals surface area contributed by atoms with Gasteiger partial charge in [-0.2, -0.15) is 0 Å². The number of aliphatic hydroxyl groups excluding tert-OH is 1. The second-order valence-corrected chi connectivity index (χ2v) is 7.67. The van der Waals surface area contributed by atoms with E-state index in [1.165, 1.54) is 32.0 Å².